The van der Waals surface area contributed by atoms with Crippen LogP contribution in [-0.4, -0.2) is 37.0 Å². The molecule has 0 amide bonds. The van der Waals surface area contributed by atoms with Crippen LogP contribution in [0.1, 0.15) is 47.0 Å². The fourth-order valence-electron chi connectivity index (χ4n) is 2.48. The molecule has 102 valence electrons. The first-order chi connectivity index (χ1) is 7.92. The molecule has 1 aliphatic rings. The molecule has 1 rings (SSSR count). The second kappa shape index (κ2) is 6.72. The highest BCUT2D eigenvalue weighted by atomic mass is 16.5. The molecule has 1 aliphatic carbocycles. The highest BCUT2D eigenvalue weighted by molar-refractivity contribution is 4.90. The molecular weight excluding hydrogens is 214 g/mol. The van der Waals surface area contributed by atoms with E-state index in [1.54, 1.807) is 0 Å². The van der Waals surface area contributed by atoms with Crippen LogP contribution in [-0.2, 0) is 4.74 Å². The van der Waals surface area contributed by atoms with Crippen LogP contribution in [0.3, 0.4) is 0 Å². The number of ether oxygens (including phenoxy) is 1. The standard InChI is InChI=1S/C14H29NO2/c1-11(2)9-17-10-12(16)8-15-13-6-5-7-14(13,3)4/h11-13,15-16H,5-10H2,1-4H3. The summed E-state index contributed by atoms with van der Waals surface area (Å²) in [5, 5.41) is 13.3. The summed E-state index contributed by atoms with van der Waals surface area (Å²) >= 11 is 0. The zero-order valence-corrected chi connectivity index (χ0v) is 11.8. The number of nitrogens with one attached hydrogen (secondary N) is 1. The second-order valence-electron chi connectivity index (χ2n) is 6.43. The maximum atomic E-state index is 9.81. The maximum absolute atomic E-state index is 9.81. The molecule has 1 saturated carbocycles. The molecule has 0 spiro atoms. The van der Waals surface area contributed by atoms with Gasteiger partial charge in [0.05, 0.1) is 12.7 Å². The Kier molecular flexibility index (Phi) is 5.90. The van der Waals surface area contributed by atoms with Crippen LogP contribution in [0.4, 0.5) is 0 Å². The monoisotopic (exact) mass is 243 g/mol. The number of aliphatic hydroxyl groups is 1. The number of hydrogen-bond acceptors (Lipinski definition) is 3. The van der Waals surface area contributed by atoms with Crippen molar-refractivity contribution in [2.75, 3.05) is 19.8 Å². The van der Waals surface area contributed by atoms with Gasteiger partial charge in [-0.15, -0.1) is 0 Å². The molecular formula is C14H29NO2. The van der Waals surface area contributed by atoms with E-state index in [1.807, 2.05) is 0 Å². The third-order valence-electron chi connectivity index (χ3n) is 3.62. The quantitative estimate of drug-likeness (QED) is 0.720. The molecule has 0 bridgehead atoms. The molecule has 2 unspecified atom stereocenters. The van der Waals surface area contributed by atoms with Crippen molar-refractivity contribution in [3.63, 3.8) is 0 Å². The van der Waals surface area contributed by atoms with E-state index in [9.17, 15) is 5.11 Å². The zero-order chi connectivity index (χ0) is 12.9. The maximum Gasteiger partial charge on any atom is 0.0897 e. The molecule has 2 N–H and O–H groups in total. The van der Waals surface area contributed by atoms with Crippen molar-refractivity contribution in [1.29, 1.82) is 0 Å². The van der Waals surface area contributed by atoms with Crippen LogP contribution in [0.2, 0.25) is 0 Å². The smallest absolute Gasteiger partial charge is 0.0897 e. The summed E-state index contributed by atoms with van der Waals surface area (Å²) in [4.78, 5) is 0. The Morgan fingerprint density at radius 2 is 2.06 bits per heavy atom. The summed E-state index contributed by atoms with van der Waals surface area (Å²) in [5.74, 6) is 0.531. The first kappa shape index (κ1) is 14.9. The summed E-state index contributed by atoms with van der Waals surface area (Å²) in [7, 11) is 0. The van der Waals surface area contributed by atoms with Gasteiger partial charge in [-0.1, -0.05) is 34.1 Å². The van der Waals surface area contributed by atoms with Gasteiger partial charge in [0.15, 0.2) is 0 Å². The van der Waals surface area contributed by atoms with Crippen LogP contribution in [0.15, 0.2) is 0 Å². The van der Waals surface area contributed by atoms with E-state index < -0.39 is 0 Å². The Morgan fingerprint density at radius 3 is 2.59 bits per heavy atom. The predicted octanol–water partition coefficient (Wildman–Crippen LogP) is 2.19. The average Bonchev–Trinajstić information content (AvgIpc) is 2.54. The summed E-state index contributed by atoms with van der Waals surface area (Å²) in [6.07, 6.45) is 3.42. The Labute approximate surface area is 106 Å². The predicted molar refractivity (Wildman–Crippen MR) is 71.1 cm³/mol. The summed E-state index contributed by atoms with van der Waals surface area (Å²) < 4.78 is 5.43. The van der Waals surface area contributed by atoms with Crippen LogP contribution in [0.5, 0.6) is 0 Å². The normalized spacial score (nSPS) is 25.4. The van der Waals surface area contributed by atoms with Crippen molar-refractivity contribution < 1.29 is 9.84 Å². The largest absolute Gasteiger partial charge is 0.389 e. The Hall–Kier alpha value is -0.120. The molecule has 2 atom stereocenters. The Bertz CT molecular complexity index is 216. The van der Waals surface area contributed by atoms with Gasteiger partial charge in [-0.05, 0) is 24.2 Å². The molecule has 1 fully saturated rings. The van der Waals surface area contributed by atoms with Crippen LogP contribution >= 0.6 is 0 Å². The molecule has 3 nitrogen and oxygen atoms in total. The highest BCUT2D eigenvalue weighted by Crippen LogP contribution is 2.36. The minimum Gasteiger partial charge on any atom is -0.389 e. The molecule has 0 aliphatic heterocycles. The van der Waals surface area contributed by atoms with E-state index in [-0.39, 0.29) is 6.10 Å². The van der Waals surface area contributed by atoms with Crippen LogP contribution < -0.4 is 5.32 Å². The third kappa shape index (κ3) is 5.36. The van der Waals surface area contributed by atoms with E-state index >= 15 is 0 Å². The molecule has 3 heteroatoms. The molecule has 0 aromatic heterocycles. The number of hydrogen-bond donors (Lipinski definition) is 2. The number of rotatable bonds is 7. The lowest BCUT2D eigenvalue weighted by molar-refractivity contribution is 0.0235. The lowest BCUT2D eigenvalue weighted by Crippen LogP contribution is -2.42. The van der Waals surface area contributed by atoms with Crippen molar-refractivity contribution in [3.05, 3.63) is 0 Å². The van der Waals surface area contributed by atoms with Gasteiger partial charge in [-0.2, -0.15) is 0 Å². The van der Waals surface area contributed by atoms with Crippen LogP contribution in [0, 0.1) is 11.3 Å². The van der Waals surface area contributed by atoms with Gasteiger partial charge < -0.3 is 15.2 Å². The van der Waals surface area contributed by atoms with Crippen molar-refractivity contribution in [3.8, 4) is 0 Å². The van der Waals surface area contributed by atoms with Crippen molar-refractivity contribution in [2.24, 2.45) is 11.3 Å². The van der Waals surface area contributed by atoms with Gasteiger partial charge >= 0.3 is 0 Å². The van der Waals surface area contributed by atoms with Gasteiger partial charge in [0.2, 0.25) is 0 Å². The van der Waals surface area contributed by atoms with Gasteiger partial charge in [-0.3, -0.25) is 0 Å². The van der Waals surface area contributed by atoms with Crippen molar-refractivity contribution in [2.45, 2.75) is 59.1 Å². The van der Waals surface area contributed by atoms with E-state index in [4.69, 9.17) is 4.74 Å². The first-order valence-electron chi connectivity index (χ1n) is 6.91. The summed E-state index contributed by atoms with van der Waals surface area (Å²) in [5.41, 5.74) is 0.374. The molecule has 0 aromatic carbocycles. The highest BCUT2D eigenvalue weighted by Gasteiger charge is 2.34. The summed E-state index contributed by atoms with van der Waals surface area (Å²) in [6, 6.07) is 0.544. The van der Waals surface area contributed by atoms with E-state index in [1.165, 1.54) is 19.3 Å². The third-order valence-corrected chi connectivity index (χ3v) is 3.62. The molecule has 0 heterocycles. The summed E-state index contributed by atoms with van der Waals surface area (Å²) in [6.45, 7) is 10.7. The molecule has 17 heavy (non-hydrogen) atoms. The minimum absolute atomic E-state index is 0.374. The molecule has 0 saturated heterocycles. The van der Waals surface area contributed by atoms with Crippen molar-refractivity contribution >= 4 is 0 Å². The average molecular weight is 243 g/mol. The fraction of sp³-hybridized carbons (Fsp3) is 1.00. The lowest BCUT2D eigenvalue weighted by Gasteiger charge is -2.28. The Morgan fingerprint density at radius 1 is 1.35 bits per heavy atom. The van der Waals surface area contributed by atoms with Gasteiger partial charge in [-0.25, -0.2) is 0 Å². The van der Waals surface area contributed by atoms with Gasteiger partial charge in [0.25, 0.3) is 0 Å². The van der Waals surface area contributed by atoms with E-state index in [0.29, 0.717) is 30.5 Å². The lowest BCUT2D eigenvalue weighted by atomic mass is 9.87. The van der Waals surface area contributed by atoms with Crippen LogP contribution in [0.25, 0.3) is 0 Å². The Balaban J connectivity index is 2.13. The zero-order valence-electron chi connectivity index (χ0n) is 11.8. The minimum atomic E-state index is -0.384. The van der Waals surface area contributed by atoms with E-state index in [0.717, 1.165) is 6.61 Å². The number of aliphatic hydroxyl groups excluding tert-OH is 1. The second-order valence-corrected chi connectivity index (χ2v) is 6.43. The molecule has 0 aromatic rings. The first-order valence-corrected chi connectivity index (χ1v) is 6.91. The van der Waals surface area contributed by atoms with Gasteiger partial charge in [0, 0.05) is 19.2 Å². The van der Waals surface area contributed by atoms with Crippen molar-refractivity contribution in [1.82, 2.24) is 5.32 Å². The fourth-order valence-corrected chi connectivity index (χ4v) is 2.48. The molecule has 0 radical (unpaired) electrons. The topological polar surface area (TPSA) is 41.5 Å². The van der Waals surface area contributed by atoms with E-state index in [2.05, 4.69) is 33.0 Å². The SMILES string of the molecule is CC(C)COCC(O)CNC1CCCC1(C)C. The van der Waals surface area contributed by atoms with Gasteiger partial charge in [0.1, 0.15) is 0 Å².